The first-order chi connectivity index (χ1) is 10.6. The van der Waals surface area contributed by atoms with Gasteiger partial charge in [0.15, 0.2) is 11.5 Å². The van der Waals surface area contributed by atoms with E-state index in [9.17, 15) is 9.59 Å². The molecule has 8 heteroatoms. The Morgan fingerprint density at radius 2 is 2.32 bits per heavy atom. The average molecular weight is 322 g/mol. The van der Waals surface area contributed by atoms with E-state index in [-0.39, 0.29) is 24.1 Å². The number of aliphatic carboxylic acids is 1. The Bertz CT molecular complexity index is 667. The highest BCUT2D eigenvalue weighted by Crippen LogP contribution is 2.24. The molecule has 1 unspecified atom stereocenters. The van der Waals surface area contributed by atoms with E-state index in [1.807, 2.05) is 0 Å². The average Bonchev–Trinajstić information content (AvgIpc) is 3.17. The van der Waals surface area contributed by atoms with Crippen LogP contribution in [0.2, 0.25) is 0 Å². The van der Waals surface area contributed by atoms with Crippen molar-refractivity contribution in [2.24, 2.45) is 0 Å². The Hall–Kier alpha value is -2.22. The van der Waals surface area contributed by atoms with Gasteiger partial charge in [-0.05, 0) is 12.1 Å². The molecule has 3 rings (SSSR count). The fourth-order valence-corrected chi connectivity index (χ4v) is 3.41. The van der Waals surface area contributed by atoms with E-state index in [1.54, 1.807) is 28.8 Å². The van der Waals surface area contributed by atoms with Gasteiger partial charge in [0, 0.05) is 24.1 Å². The molecule has 0 bridgehead atoms. The van der Waals surface area contributed by atoms with Crippen molar-refractivity contribution in [3.8, 4) is 11.5 Å². The largest absolute Gasteiger partial charge is 0.481 e. The number of carboxylic acids is 1. The van der Waals surface area contributed by atoms with Gasteiger partial charge in [-0.25, -0.2) is 0 Å². The van der Waals surface area contributed by atoms with Crippen LogP contribution in [0, 0.1) is 0 Å². The second-order valence-corrected chi connectivity index (χ2v) is 6.03. The molecule has 116 valence electrons. The summed E-state index contributed by atoms with van der Waals surface area (Å²) in [7, 11) is 0. The Labute approximate surface area is 130 Å². The molecule has 0 aromatic carbocycles. The number of nitrogens with zero attached hydrogens (tertiary/aromatic N) is 2. The Morgan fingerprint density at radius 3 is 3.05 bits per heavy atom. The third-order valence-electron chi connectivity index (χ3n) is 3.39. The Kier molecular flexibility index (Phi) is 4.19. The number of carboxylic acid groups (broad SMARTS) is 1. The van der Waals surface area contributed by atoms with E-state index in [1.165, 1.54) is 12.3 Å². The van der Waals surface area contributed by atoms with Crippen LogP contribution < -0.4 is 0 Å². The molecule has 0 aliphatic carbocycles. The monoisotopic (exact) mass is 322 g/mol. The second-order valence-electron chi connectivity index (χ2n) is 4.88. The summed E-state index contributed by atoms with van der Waals surface area (Å²) < 4.78 is 10.3. The van der Waals surface area contributed by atoms with Crippen LogP contribution in [0.4, 0.5) is 0 Å². The summed E-state index contributed by atoms with van der Waals surface area (Å²) in [5.41, 5.74) is 0.161. The van der Waals surface area contributed by atoms with Crippen molar-refractivity contribution in [1.29, 1.82) is 0 Å². The maximum atomic E-state index is 12.5. The first kappa shape index (κ1) is 14.7. The molecular weight excluding hydrogens is 308 g/mol. The number of carbonyl (C=O) groups excluding carboxylic acids is 1. The van der Waals surface area contributed by atoms with Gasteiger partial charge in [0.25, 0.3) is 5.91 Å². The zero-order chi connectivity index (χ0) is 15.5. The van der Waals surface area contributed by atoms with E-state index < -0.39 is 5.97 Å². The van der Waals surface area contributed by atoms with Gasteiger partial charge in [-0.2, -0.15) is 11.8 Å². The second kappa shape index (κ2) is 6.27. The lowest BCUT2D eigenvalue weighted by molar-refractivity contribution is -0.138. The SMILES string of the molecule is O=C(O)CC1CSCCN1C(=O)c1cc(-c2ccco2)on1. The molecule has 1 atom stereocenters. The maximum Gasteiger partial charge on any atom is 0.305 e. The number of aromatic nitrogens is 1. The number of carbonyl (C=O) groups is 2. The first-order valence-electron chi connectivity index (χ1n) is 6.76. The predicted molar refractivity (Wildman–Crippen MR) is 78.6 cm³/mol. The minimum absolute atomic E-state index is 0.0678. The molecule has 2 aromatic heterocycles. The van der Waals surface area contributed by atoms with Gasteiger partial charge in [0.05, 0.1) is 18.7 Å². The zero-order valence-corrected chi connectivity index (χ0v) is 12.4. The fourth-order valence-electron chi connectivity index (χ4n) is 2.35. The van der Waals surface area contributed by atoms with Crippen molar-refractivity contribution in [1.82, 2.24) is 10.1 Å². The van der Waals surface area contributed by atoms with Crippen LogP contribution in [-0.2, 0) is 4.79 Å². The number of furan rings is 1. The third-order valence-corrected chi connectivity index (χ3v) is 4.48. The third kappa shape index (κ3) is 3.01. The van der Waals surface area contributed by atoms with Gasteiger partial charge in [0.2, 0.25) is 5.76 Å². The van der Waals surface area contributed by atoms with E-state index in [0.29, 0.717) is 23.8 Å². The van der Waals surface area contributed by atoms with Gasteiger partial charge in [-0.3, -0.25) is 9.59 Å². The van der Waals surface area contributed by atoms with Crippen molar-refractivity contribution in [2.45, 2.75) is 12.5 Å². The van der Waals surface area contributed by atoms with Crippen LogP contribution in [-0.4, -0.2) is 51.1 Å². The molecule has 1 N–H and O–H groups in total. The van der Waals surface area contributed by atoms with E-state index >= 15 is 0 Å². The summed E-state index contributed by atoms with van der Waals surface area (Å²) in [5, 5.41) is 12.8. The molecule has 0 saturated carbocycles. The standard InChI is InChI=1S/C14H14N2O5S/c17-13(18)6-9-8-22-5-3-16(9)14(19)10-7-12(21-15-10)11-2-1-4-20-11/h1-2,4,7,9H,3,5-6,8H2,(H,17,18). The summed E-state index contributed by atoms with van der Waals surface area (Å²) in [5.74, 6) is 1.03. The van der Waals surface area contributed by atoms with Gasteiger partial charge >= 0.3 is 5.97 Å². The maximum absolute atomic E-state index is 12.5. The first-order valence-corrected chi connectivity index (χ1v) is 7.91. The highest BCUT2D eigenvalue weighted by Gasteiger charge is 2.31. The van der Waals surface area contributed by atoms with Gasteiger partial charge in [-0.1, -0.05) is 5.16 Å². The van der Waals surface area contributed by atoms with Crippen molar-refractivity contribution in [3.63, 3.8) is 0 Å². The van der Waals surface area contributed by atoms with Crippen LogP contribution in [0.15, 0.2) is 33.4 Å². The Morgan fingerprint density at radius 1 is 1.45 bits per heavy atom. The molecule has 1 amide bonds. The molecule has 1 aliphatic rings. The van der Waals surface area contributed by atoms with Gasteiger partial charge < -0.3 is 18.9 Å². The number of hydrogen-bond acceptors (Lipinski definition) is 6. The summed E-state index contributed by atoms with van der Waals surface area (Å²) >= 11 is 1.65. The number of thioether (sulfide) groups is 1. The minimum Gasteiger partial charge on any atom is -0.481 e. The minimum atomic E-state index is -0.915. The summed E-state index contributed by atoms with van der Waals surface area (Å²) in [4.78, 5) is 25.0. The van der Waals surface area contributed by atoms with Crippen molar-refractivity contribution >= 4 is 23.6 Å². The molecule has 7 nitrogen and oxygen atoms in total. The molecule has 3 heterocycles. The quantitative estimate of drug-likeness (QED) is 0.919. The summed E-state index contributed by atoms with van der Waals surface area (Å²) in [6, 6.07) is 4.61. The lowest BCUT2D eigenvalue weighted by atomic mass is 10.1. The van der Waals surface area contributed by atoms with Crippen LogP contribution in [0.1, 0.15) is 16.9 Å². The molecule has 0 radical (unpaired) electrons. The lowest BCUT2D eigenvalue weighted by Crippen LogP contribution is -2.47. The van der Waals surface area contributed by atoms with Gasteiger partial charge in [-0.15, -0.1) is 0 Å². The fraction of sp³-hybridized carbons (Fsp3) is 0.357. The van der Waals surface area contributed by atoms with Crippen LogP contribution >= 0.6 is 11.8 Å². The van der Waals surface area contributed by atoms with Crippen molar-refractivity contribution in [2.75, 3.05) is 18.1 Å². The predicted octanol–water partition coefficient (Wildman–Crippen LogP) is 1.97. The highest BCUT2D eigenvalue weighted by molar-refractivity contribution is 7.99. The number of amides is 1. The summed E-state index contributed by atoms with van der Waals surface area (Å²) in [6.07, 6.45) is 1.44. The Balaban J connectivity index is 1.78. The molecule has 1 fully saturated rings. The number of hydrogen-bond donors (Lipinski definition) is 1. The van der Waals surface area contributed by atoms with Crippen LogP contribution in [0.25, 0.3) is 11.5 Å². The van der Waals surface area contributed by atoms with E-state index in [2.05, 4.69) is 5.16 Å². The summed E-state index contributed by atoms with van der Waals surface area (Å²) in [6.45, 7) is 0.504. The highest BCUT2D eigenvalue weighted by atomic mass is 32.2. The topological polar surface area (TPSA) is 96.8 Å². The van der Waals surface area contributed by atoms with E-state index in [4.69, 9.17) is 14.0 Å². The van der Waals surface area contributed by atoms with Crippen molar-refractivity contribution < 1.29 is 23.6 Å². The smallest absolute Gasteiger partial charge is 0.305 e. The molecular formula is C14H14N2O5S. The molecule has 0 spiro atoms. The van der Waals surface area contributed by atoms with Gasteiger partial charge in [0.1, 0.15) is 0 Å². The van der Waals surface area contributed by atoms with E-state index in [0.717, 1.165) is 5.75 Å². The van der Waals surface area contributed by atoms with Crippen LogP contribution in [0.5, 0.6) is 0 Å². The molecule has 22 heavy (non-hydrogen) atoms. The lowest BCUT2D eigenvalue weighted by Gasteiger charge is -2.33. The van der Waals surface area contributed by atoms with Crippen LogP contribution in [0.3, 0.4) is 0 Å². The normalized spacial score (nSPS) is 18.4. The number of rotatable bonds is 4. The van der Waals surface area contributed by atoms with Crippen molar-refractivity contribution in [3.05, 3.63) is 30.2 Å². The zero-order valence-electron chi connectivity index (χ0n) is 11.6. The molecule has 1 saturated heterocycles. The molecule has 2 aromatic rings. The molecule has 1 aliphatic heterocycles.